The average Bonchev–Trinajstić information content (AvgIpc) is 2.90. The molecule has 2 aliphatic heterocycles. The van der Waals surface area contributed by atoms with Crippen molar-refractivity contribution < 1.29 is 8.94 Å². The molecule has 7 heteroatoms. The third-order valence-electron chi connectivity index (χ3n) is 6.60. The van der Waals surface area contributed by atoms with E-state index in [2.05, 4.69) is 10.2 Å². The van der Waals surface area contributed by atoms with E-state index in [1.165, 1.54) is 25.3 Å². The second kappa shape index (κ2) is 5.58. The van der Waals surface area contributed by atoms with Crippen LogP contribution in [0.25, 0.3) is 0 Å². The van der Waals surface area contributed by atoms with Gasteiger partial charge in [-0.15, -0.1) is 0 Å². The predicted octanol–water partition coefficient (Wildman–Crippen LogP) is 3.19. The third-order valence-corrected chi connectivity index (χ3v) is 8.09. The maximum Gasteiger partial charge on any atom is 0.253 e. The molecule has 3 heterocycles. The van der Waals surface area contributed by atoms with Gasteiger partial charge in [-0.05, 0) is 42.9 Å². The monoisotopic (exact) mass is 385 g/mol. The van der Waals surface area contributed by atoms with Crippen LogP contribution < -0.4 is 10.2 Å². The van der Waals surface area contributed by atoms with Crippen molar-refractivity contribution in [1.82, 2.24) is 9.97 Å². The molecule has 1 atom stereocenters. The first kappa shape index (κ1) is 16.1. The highest BCUT2D eigenvalue weighted by Gasteiger charge is 2.57. The zero-order valence-electron chi connectivity index (χ0n) is 15.0. The summed E-state index contributed by atoms with van der Waals surface area (Å²) in [5.74, 6) is 3.38. The van der Waals surface area contributed by atoms with Crippen LogP contribution in [0.4, 0.5) is 16.2 Å². The van der Waals surface area contributed by atoms with E-state index in [0.29, 0.717) is 5.92 Å². The molecule has 1 saturated heterocycles. The quantitative estimate of drug-likeness (QED) is 0.792. The van der Waals surface area contributed by atoms with Gasteiger partial charge in [0.1, 0.15) is 11.5 Å². The Bertz CT molecular complexity index is 915. The van der Waals surface area contributed by atoms with Crippen molar-refractivity contribution in [2.75, 3.05) is 29.1 Å². The molecule has 2 bridgehead atoms. The lowest BCUT2D eigenvalue weighted by Crippen LogP contribution is -2.63. The SMILES string of the molecule is O[S+]1CCc2nc(N3CC(c4cccc(F)c4)C3)nc(NC34CC(C3)C4)c21. The minimum absolute atomic E-state index is 0.181. The topological polar surface area (TPSA) is 61.3 Å². The van der Waals surface area contributed by atoms with Gasteiger partial charge >= 0.3 is 0 Å². The number of hydrogen-bond donors (Lipinski definition) is 2. The minimum Gasteiger partial charge on any atom is -0.360 e. The van der Waals surface area contributed by atoms with E-state index >= 15 is 0 Å². The predicted molar refractivity (Wildman–Crippen MR) is 104 cm³/mol. The van der Waals surface area contributed by atoms with Gasteiger partial charge in [0.2, 0.25) is 5.95 Å². The molecule has 3 aliphatic carbocycles. The fourth-order valence-electron chi connectivity index (χ4n) is 4.92. The van der Waals surface area contributed by atoms with Crippen molar-refractivity contribution in [3.8, 4) is 0 Å². The highest BCUT2D eigenvalue weighted by Crippen LogP contribution is 2.59. The summed E-state index contributed by atoms with van der Waals surface area (Å²) in [4.78, 5) is 12.7. The van der Waals surface area contributed by atoms with Crippen LogP contribution in [0.15, 0.2) is 29.2 Å². The van der Waals surface area contributed by atoms with Crippen LogP contribution in [0.5, 0.6) is 0 Å². The van der Waals surface area contributed by atoms with E-state index in [0.717, 1.165) is 59.1 Å². The summed E-state index contributed by atoms with van der Waals surface area (Å²) in [6.45, 7) is 1.61. The van der Waals surface area contributed by atoms with Crippen LogP contribution in [0.3, 0.4) is 0 Å². The third kappa shape index (κ3) is 2.48. The maximum atomic E-state index is 13.5. The lowest BCUT2D eigenvalue weighted by Gasteiger charge is -2.62. The Morgan fingerprint density at radius 2 is 2.04 bits per heavy atom. The normalized spacial score (nSPS) is 31.0. The highest BCUT2D eigenvalue weighted by atomic mass is 32.2. The van der Waals surface area contributed by atoms with Crippen LogP contribution in [0, 0.1) is 11.7 Å². The fourth-order valence-corrected chi connectivity index (χ4v) is 6.25. The van der Waals surface area contributed by atoms with Gasteiger partial charge in [-0.25, -0.2) is 9.37 Å². The van der Waals surface area contributed by atoms with E-state index in [9.17, 15) is 8.94 Å². The van der Waals surface area contributed by atoms with Gasteiger partial charge in [0.15, 0.2) is 22.7 Å². The zero-order valence-corrected chi connectivity index (χ0v) is 15.8. The first-order valence-electron chi connectivity index (χ1n) is 9.68. The Labute approximate surface area is 160 Å². The molecule has 1 unspecified atom stereocenters. The summed E-state index contributed by atoms with van der Waals surface area (Å²) < 4.78 is 23.9. The number of fused-ring (bicyclic) bond motifs is 1. The number of aryl methyl sites for hydroxylation is 1. The smallest absolute Gasteiger partial charge is 0.253 e. The molecule has 2 N–H and O–H groups in total. The second-order valence-corrected chi connectivity index (χ2v) is 10.1. The molecule has 0 amide bonds. The molecule has 5 aliphatic rings. The number of halogens is 1. The van der Waals surface area contributed by atoms with Gasteiger partial charge in [0.25, 0.3) is 4.90 Å². The van der Waals surface area contributed by atoms with Gasteiger partial charge in [-0.1, -0.05) is 12.1 Å². The second-order valence-electron chi connectivity index (χ2n) is 8.51. The molecule has 5 nitrogen and oxygen atoms in total. The number of benzene rings is 1. The molecule has 7 rings (SSSR count). The highest BCUT2D eigenvalue weighted by molar-refractivity contribution is 7.92. The number of aromatic nitrogens is 2. The summed E-state index contributed by atoms with van der Waals surface area (Å²) >= 11 is -0.747. The van der Waals surface area contributed by atoms with Gasteiger partial charge in [-0.3, -0.25) is 0 Å². The van der Waals surface area contributed by atoms with E-state index in [-0.39, 0.29) is 11.4 Å². The van der Waals surface area contributed by atoms with Gasteiger partial charge < -0.3 is 10.2 Å². The maximum absolute atomic E-state index is 13.5. The van der Waals surface area contributed by atoms with Crippen LogP contribution in [-0.4, -0.2) is 38.9 Å². The largest absolute Gasteiger partial charge is 0.360 e. The lowest BCUT2D eigenvalue weighted by atomic mass is 9.50. The van der Waals surface area contributed by atoms with Crippen LogP contribution >= 0.6 is 0 Å². The van der Waals surface area contributed by atoms with Crippen molar-refractivity contribution in [3.63, 3.8) is 0 Å². The van der Waals surface area contributed by atoms with E-state index in [1.807, 2.05) is 6.07 Å². The molecular weight excluding hydrogens is 363 g/mol. The minimum atomic E-state index is -0.747. The Balaban J connectivity index is 1.26. The summed E-state index contributed by atoms with van der Waals surface area (Å²) in [7, 11) is 0. The molecule has 0 radical (unpaired) electrons. The van der Waals surface area contributed by atoms with Crippen molar-refractivity contribution in [2.24, 2.45) is 5.92 Å². The van der Waals surface area contributed by atoms with Crippen molar-refractivity contribution in [3.05, 3.63) is 41.3 Å². The number of anilines is 2. The first-order chi connectivity index (χ1) is 13.1. The van der Waals surface area contributed by atoms with Crippen LogP contribution in [0.1, 0.15) is 36.4 Å². The van der Waals surface area contributed by atoms with Gasteiger partial charge in [-0.2, -0.15) is 9.54 Å². The summed E-state index contributed by atoms with van der Waals surface area (Å²) in [5, 5.41) is 3.66. The van der Waals surface area contributed by atoms with Crippen LogP contribution in [0.2, 0.25) is 0 Å². The van der Waals surface area contributed by atoms with Crippen molar-refractivity contribution >= 4 is 22.9 Å². The Hall–Kier alpha value is -1.86. The molecule has 3 saturated carbocycles. The fraction of sp³-hybridized carbons (Fsp3) is 0.500. The van der Waals surface area contributed by atoms with Crippen molar-refractivity contribution in [1.29, 1.82) is 0 Å². The summed E-state index contributed by atoms with van der Waals surface area (Å²) in [5.41, 5.74) is 2.25. The van der Waals surface area contributed by atoms with E-state index in [4.69, 9.17) is 9.97 Å². The number of nitrogens with one attached hydrogen (secondary N) is 1. The molecule has 2 aromatic rings. The lowest BCUT2D eigenvalue weighted by molar-refractivity contribution is 0.00158. The number of nitrogens with zero attached hydrogens (tertiary/aromatic N) is 3. The molecule has 1 aromatic carbocycles. The standard InChI is InChI=1S/C20H22FN4OS/c21-15-3-1-2-13(6-15)14-10-25(11-14)19-22-16-4-5-27(26)17(16)18(23-19)24-20-7-12(8-20)9-20/h1-3,6,12,14,26H,4-5,7-11H2,(H,22,23,24)/q+1. The first-order valence-corrected chi connectivity index (χ1v) is 11.0. The zero-order chi connectivity index (χ0) is 18.2. The Morgan fingerprint density at radius 1 is 1.22 bits per heavy atom. The number of rotatable bonds is 4. The summed E-state index contributed by atoms with van der Waals surface area (Å²) in [6, 6.07) is 6.87. The van der Waals surface area contributed by atoms with Crippen LogP contribution in [-0.2, 0) is 17.6 Å². The molecule has 140 valence electrons. The van der Waals surface area contributed by atoms with Gasteiger partial charge in [0.05, 0.1) is 0 Å². The van der Waals surface area contributed by atoms with E-state index in [1.54, 1.807) is 12.1 Å². The molecule has 1 aromatic heterocycles. The van der Waals surface area contributed by atoms with Gasteiger partial charge in [0, 0.05) is 31.0 Å². The van der Waals surface area contributed by atoms with E-state index < -0.39 is 11.2 Å². The molecule has 27 heavy (non-hydrogen) atoms. The Morgan fingerprint density at radius 3 is 2.74 bits per heavy atom. The average molecular weight is 385 g/mol. The molecular formula is C20H22FN4OS+. The number of hydrogen-bond acceptors (Lipinski definition) is 5. The van der Waals surface area contributed by atoms with Crippen molar-refractivity contribution in [2.45, 2.75) is 42.0 Å². The Kier molecular flexibility index (Phi) is 3.33. The molecule has 4 fully saturated rings. The molecule has 0 spiro atoms. The summed E-state index contributed by atoms with van der Waals surface area (Å²) in [6.07, 6.45) is 4.50.